The summed E-state index contributed by atoms with van der Waals surface area (Å²) >= 11 is 1.36. The molecule has 24 heavy (non-hydrogen) atoms. The molecule has 0 bridgehead atoms. The van der Waals surface area contributed by atoms with E-state index in [1.807, 2.05) is 5.40 Å². The molecule has 4 nitrogen and oxygen atoms in total. The van der Waals surface area contributed by atoms with E-state index in [-0.39, 0.29) is 16.4 Å². The van der Waals surface area contributed by atoms with Gasteiger partial charge in [-0.1, -0.05) is 0 Å². The first-order valence-corrected chi connectivity index (χ1v) is 8.35. The average Bonchev–Trinajstić information content (AvgIpc) is 2.74. The van der Waals surface area contributed by atoms with Crippen LogP contribution in [0.25, 0.3) is 5.69 Å². The van der Waals surface area contributed by atoms with Gasteiger partial charge in [0.05, 0.1) is 16.3 Å². The Balaban J connectivity index is 2.48. The molecule has 0 aliphatic carbocycles. The van der Waals surface area contributed by atoms with Crippen molar-refractivity contribution in [2.75, 3.05) is 11.5 Å². The van der Waals surface area contributed by atoms with E-state index >= 15 is 0 Å². The van der Waals surface area contributed by atoms with E-state index < -0.39 is 17.7 Å². The molecule has 0 saturated heterocycles. The summed E-state index contributed by atoms with van der Waals surface area (Å²) in [5.41, 5.74) is 6.66. The third-order valence-electron chi connectivity index (χ3n) is 3.05. The van der Waals surface area contributed by atoms with E-state index in [1.165, 1.54) is 13.0 Å². The van der Waals surface area contributed by atoms with E-state index in [9.17, 15) is 17.6 Å². The summed E-state index contributed by atoms with van der Waals surface area (Å²) in [6.45, 7) is 3.14. The van der Waals surface area contributed by atoms with Crippen LogP contribution in [0.15, 0.2) is 21.9 Å². The summed E-state index contributed by atoms with van der Waals surface area (Å²) < 4.78 is 52.6. The Morgan fingerprint density at radius 3 is 2.58 bits per heavy atom. The highest BCUT2D eigenvalue weighted by Gasteiger charge is 2.28. The quantitative estimate of drug-likeness (QED) is 0.485. The number of thiocyanates is 1. The molecule has 0 amide bonds. The number of hydrogen-bond donors (Lipinski definition) is 1. The number of nitrogen functional groups attached to an aromatic ring is 1. The maximum atomic E-state index is 14.3. The lowest BCUT2D eigenvalue weighted by molar-refractivity contribution is -0.105. The van der Waals surface area contributed by atoms with Gasteiger partial charge in [0.15, 0.2) is 0 Å². The summed E-state index contributed by atoms with van der Waals surface area (Å²) in [7, 11) is 0. The second-order valence-corrected chi connectivity index (χ2v) is 6.69. The lowest BCUT2D eigenvalue weighted by Crippen LogP contribution is -2.11. The number of nitrogens with zero attached hydrogens (tertiary/aromatic N) is 3. The standard InChI is InChI=1S/C14H12F4N4S2/c1-7-3-9(15)10(4-11(7)23-5-14(16,17)18)22-13(20)12(24-6-19)8(2)21-22/h3-4H,5,20H2,1-2H3. The van der Waals surface area contributed by atoms with Gasteiger partial charge in [0, 0.05) is 4.90 Å². The number of alkyl halides is 3. The number of nitrogens with two attached hydrogens (primary N) is 1. The van der Waals surface area contributed by atoms with Crippen molar-refractivity contribution in [3.05, 3.63) is 29.2 Å². The van der Waals surface area contributed by atoms with Crippen LogP contribution in [0.4, 0.5) is 23.4 Å². The molecule has 0 fully saturated rings. The van der Waals surface area contributed by atoms with Crippen molar-refractivity contribution in [1.82, 2.24) is 9.78 Å². The molecule has 1 aromatic carbocycles. The van der Waals surface area contributed by atoms with Gasteiger partial charge in [-0.05, 0) is 43.3 Å². The van der Waals surface area contributed by atoms with Crippen LogP contribution in [0.5, 0.6) is 0 Å². The highest BCUT2D eigenvalue weighted by molar-refractivity contribution is 8.04. The normalized spacial score (nSPS) is 11.5. The molecule has 2 N–H and O–H groups in total. The van der Waals surface area contributed by atoms with Gasteiger partial charge in [-0.2, -0.15) is 23.5 Å². The van der Waals surface area contributed by atoms with E-state index in [2.05, 4.69) is 5.10 Å². The Bertz CT molecular complexity index is 809. The second kappa shape index (κ2) is 6.94. The zero-order valence-corrected chi connectivity index (χ0v) is 14.2. The largest absolute Gasteiger partial charge is 0.398 e. The van der Waals surface area contributed by atoms with Crippen molar-refractivity contribution in [3.63, 3.8) is 0 Å². The number of hydrogen-bond acceptors (Lipinski definition) is 5. The Morgan fingerprint density at radius 1 is 1.33 bits per heavy atom. The smallest absolute Gasteiger partial charge is 0.383 e. The number of rotatable bonds is 4. The van der Waals surface area contributed by atoms with Crippen LogP contribution in [0.2, 0.25) is 0 Å². The monoisotopic (exact) mass is 376 g/mol. The number of benzene rings is 1. The van der Waals surface area contributed by atoms with E-state index in [1.54, 1.807) is 6.92 Å². The molecule has 0 aliphatic rings. The van der Waals surface area contributed by atoms with Crippen molar-refractivity contribution in [3.8, 4) is 11.1 Å². The Hall–Kier alpha value is -1.86. The first-order chi connectivity index (χ1) is 11.1. The molecule has 0 spiro atoms. The minimum atomic E-state index is -4.33. The minimum absolute atomic E-state index is 0.0596. The SMILES string of the molecule is Cc1cc(F)c(-n2nc(C)c(SC#N)c2N)cc1SCC(F)(F)F. The van der Waals surface area contributed by atoms with Gasteiger partial charge in [0.1, 0.15) is 22.7 Å². The number of nitriles is 1. The van der Waals surface area contributed by atoms with Gasteiger partial charge in [0.25, 0.3) is 0 Å². The maximum Gasteiger partial charge on any atom is 0.398 e. The fourth-order valence-corrected chi connectivity index (χ4v) is 3.28. The van der Waals surface area contributed by atoms with E-state index in [0.29, 0.717) is 27.9 Å². The molecule has 10 heteroatoms. The van der Waals surface area contributed by atoms with Crippen LogP contribution in [-0.4, -0.2) is 21.7 Å². The van der Waals surface area contributed by atoms with Crippen molar-refractivity contribution in [2.45, 2.75) is 29.8 Å². The summed E-state index contributed by atoms with van der Waals surface area (Å²) in [6.07, 6.45) is -4.33. The fraction of sp³-hybridized carbons (Fsp3) is 0.286. The lowest BCUT2D eigenvalue weighted by atomic mass is 10.2. The van der Waals surface area contributed by atoms with Crippen LogP contribution in [-0.2, 0) is 0 Å². The van der Waals surface area contributed by atoms with Gasteiger partial charge < -0.3 is 5.73 Å². The molecule has 1 aromatic heterocycles. The zero-order chi connectivity index (χ0) is 18.1. The van der Waals surface area contributed by atoms with Gasteiger partial charge in [-0.25, -0.2) is 9.07 Å². The molecular weight excluding hydrogens is 364 g/mol. The topological polar surface area (TPSA) is 67.6 Å². The highest BCUT2D eigenvalue weighted by atomic mass is 32.2. The van der Waals surface area contributed by atoms with Crippen molar-refractivity contribution in [2.24, 2.45) is 0 Å². The van der Waals surface area contributed by atoms with Gasteiger partial charge >= 0.3 is 6.18 Å². The van der Waals surface area contributed by atoms with Crippen LogP contribution >= 0.6 is 23.5 Å². The molecule has 2 aromatic rings. The fourth-order valence-electron chi connectivity index (χ4n) is 2.01. The molecule has 1 heterocycles. The predicted octanol–water partition coefficient (Wildman–Crippen LogP) is 4.44. The summed E-state index contributed by atoms with van der Waals surface area (Å²) in [5, 5.41) is 14.7. The summed E-state index contributed by atoms with van der Waals surface area (Å²) in [4.78, 5) is 0.674. The number of aryl methyl sites for hydroxylation is 2. The molecule has 0 atom stereocenters. The third-order valence-corrected chi connectivity index (χ3v) is 5.07. The maximum absolute atomic E-state index is 14.3. The van der Waals surface area contributed by atoms with Crippen LogP contribution in [0.1, 0.15) is 11.3 Å². The second-order valence-electron chi connectivity index (χ2n) is 4.88. The van der Waals surface area contributed by atoms with Crippen molar-refractivity contribution in [1.29, 1.82) is 5.26 Å². The summed E-state index contributed by atoms with van der Waals surface area (Å²) in [6, 6.07) is 2.42. The van der Waals surface area contributed by atoms with E-state index in [4.69, 9.17) is 11.0 Å². The molecule has 0 aliphatic heterocycles. The molecule has 2 rings (SSSR count). The van der Waals surface area contributed by atoms with Crippen molar-refractivity contribution >= 4 is 29.3 Å². The molecule has 128 valence electrons. The number of anilines is 1. The Morgan fingerprint density at radius 2 is 2.00 bits per heavy atom. The van der Waals surface area contributed by atoms with Gasteiger partial charge in [-0.15, -0.1) is 11.8 Å². The van der Waals surface area contributed by atoms with Crippen molar-refractivity contribution < 1.29 is 17.6 Å². The molecular formula is C14H12F4N4S2. The predicted molar refractivity (Wildman–Crippen MR) is 85.7 cm³/mol. The average molecular weight is 376 g/mol. The van der Waals surface area contributed by atoms with Gasteiger partial charge in [-0.3, -0.25) is 0 Å². The zero-order valence-electron chi connectivity index (χ0n) is 12.6. The summed E-state index contributed by atoms with van der Waals surface area (Å²) in [5.74, 6) is -1.68. The molecule has 0 unspecified atom stereocenters. The van der Waals surface area contributed by atoms with Crippen LogP contribution in [0.3, 0.4) is 0 Å². The molecule has 0 saturated carbocycles. The van der Waals surface area contributed by atoms with Gasteiger partial charge in [0.2, 0.25) is 0 Å². The number of halogens is 4. The lowest BCUT2D eigenvalue weighted by Gasteiger charge is -2.12. The van der Waals surface area contributed by atoms with Crippen LogP contribution < -0.4 is 5.73 Å². The Labute approximate surface area is 144 Å². The first-order valence-electron chi connectivity index (χ1n) is 6.55. The minimum Gasteiger partial charge on any atom is -0.383 e. The molecule has 0 radical (unpaired) electrons. The van der Waals surface area contributed by atoms with Crippen LogP contribution in [0, 0.1) is 30.3 Å². The Kier molecular flexibility index (Phi) is 5.35. The number of aromatic nitrogens is 2. The first kappa shape index (κ1) is 18.5. The highest BCUT2D eigenvalue weighted by Crippen LogP contribution is 2.34. The third kappa shape index (κ3) is 3.96. The van der Waals surface area contributed by atoms with E-state index in [0.717, 1.165) is 22.5 Å². The number of thioether (sulfide) groups is 2.